The third-order valence-electron chi connectivity index (χ3n) is 3.56. The number of pyridine rings is 1. The van der Waals surface area contributed by atoms with Crippen LogP contribution < -0.4 is 10.6 Å². The van der Waals surface area contributed by atoms with E-state index < -0.39 is 0 Å². The van der Waals surface area contributed by atoms with Crippen LogP contribution in [0.3, 0.4) is 0 Å². The quantitative estimate of drug-likeness (QED) is 0.821. The molecule has 1 aromatic rings. The number of nitrogens with zero attached hydrogens (tertiary/aromatic N) is 3. The number of hydrogen-bond acceptors (Lipinski definition) is 5. The molecule has 0 amide bonds. The molecule has 1 fully saturated rings. The molecule has 1 aromatic heterocycles. The first-order chi connectivity index (χ1) is 9.01. The first-order valence-electron chi connectivity index (χ1n) is 6.77. The third kappa shape index (κ3) is 3.23. The van der Waals surface area contributed by atoms with Gasteiger partial charge in [0, 0.05) is 36.9 Å². The summed E-state index contributed by atoms with van der Waals surface area (Å²) in [6.45, 7) is 4.01. The molecule has 0 radical (unpaired) electrons. The number of aliphatic hydroxyl groups is 1. The van der Waals surface area contributed by atoms with Gasteiger partial charge in [-0.05, 0) is 33.5 Å². The minimum atomic E-state index is -0.280. The second-order valence-electron chi connectivity index (χ2n) is 5.60. The van der Waals surface area contributed by atoms with Gasteiger partial charge in [0.05, 0.1) is 6.10 Å². The summed E-state index contributed by atoms with van der Waals surface area (Å²) in [5.74, 6) is 0.936. The van der Waals surface area contributed by atoms with Crippen LogP contribution in [0.25, 0.3) is 0 Å². The van der Waals surface area contributed by atoms with Gasteiger partial charge in [0.2, 0.25) is 0 Å². The van der Waals surface area contributed by atoms with Gasteiger partial charge in [0.15, 0.2) is 0 Å². The highest BCUT2D eigenvalue weighted by molar-refractivity contribution is 5.50. The highest BCUT2D eigenvalue weighted by atomic mass is 16.3. The lowest BCUT2D eigenvalue weighted by Gasteiger charge is -2.29. The lowest BCUT2D eigenvalue weighted by Crippen LogP contribution is -2.38. The van der Waals surface area contributed by atoms with Crippen LogP contribution in [-0.2, 0) is 6.54 Å². The van der Waals surface area contributed by atoms with E-state index in [-0.39, 0.29) is 6.10 Å². The van der Waals surface area contributed by atoms with Crippen molar-refractivity contribution in [2.75, 3.05) is 32.1 Å². The van der Waals surface area contributed by atoms with Crippen molar-refractivity contribution in [3.05, 3.63) is 23.4 Å². The molecule has 2 rings (SSSR count). The number of aromatic nitrogens is 1. The van der Waals surface area contributed by atoms with Gasteiger partial charge in [0.25, 0.3) is 0 Å². The Hall–Kier alpha value is -1.17. The van der Waals surface area contributed by atoms with Crippen LogP contribution in [0.5, 0.6) is 0 Å². The monoisotopic (exact) mass is 264 g/mol. The van der Waals surface area contributed by atoms with Gasteiger partial charge in [-0.3, -0.25) is 0 Å². The SMILES string of the molecule is Cc1ccc(CN)c(N2CC(O)CC2CN(C)C)n1. The number of anilines is 1. The molecule has 0 bridgehead atoms. The zero-order valence-corrected chi connectivity index (χ0v) is 12.0. The molecule has 1 aliphatic heterocycles. The number of likely N-dealkylation sites (N-methyl/N-ethyl adjacent to an activating group) is 1. The summed E-state index contributed by atoms with van der Waals surface area (Å²) in [5, 5.41) is 9.96. The maximum absolute atomic E-state index is 9.96. The zero-order valence-electron chi connectivity index (χ0n) is 12.0. The molecular weight excluding hydrogens is 240 g/mol. The molecule has 3 N–H and O–H groups in total. The van der Waals surface area contributed by atoms with E-state index in [2.05, 4.69) is 28.9 Å². The number of aliphatic hydroxyl groups excluding tert-OH is 1. The lowest BCUT2D eigenvalue weighted by atomic mass is 10.1. The number of hydrogen-bond donors (Lipinski definition) is 2. The standard InChI is InChI=1S/C14H24N4O/c1-10-4-5-11(7-15)14(16-10)18-9-13(19)6-12(18)8-17(2)3/h4-5,12-13,19H,6-9,15H2,1-3H3. The summed E-state index contributed by atoms with van der Waals surface area (Å²) < 4.78 is 0. The highest BCUT2D eigenvalue weighted by Crippen LogP contribution is 2.27. The zero-order chi connectivity index (χ0) is 14.0. The van der Waals surface area contributed by atoms with Crippen molar-refractivity contribution in [1.29, 1.82) is 0 Å². The van der Waals surface area contributed by atoms with Crippen LogP contribution in [0.1, 0.15) is 17.7 Å². The van der Waals surface area contributed by atoms with Crippen molar-refractivity contribution in [3.8, 4) is 0 Å². The number of nitrogens with two attached hydrogens (primary N) is 1. The second kappa shape index (κ2) is 5.86. The van der Waals surface area contributed by atoms with Gasteiger partial charge in [-0.15, -0.1) is 0 Å². The summed E-state index contributed by atoms with van der Waals surface area (Å²) in [6, 6.07) is 4.32. The normalized spacial score (nSPS) is 23.4. The molecule has 1 aliphatic rings. The van der Waals surface area contributed by atoms with Gasteiger partial charge in [0.1, 0.15) is 5.82 Å². The predicted octanol–water partition coefficient (Wildman–Crippen LogP) is 0.350. The van der Waals surface area contributed by atoms with E-state index in [4.69, 9.17) is 5.73 Å². The molecule has 0 aliphatic carbocycles. The van der Waals surface area contributed by atoms with Gasteiger partial charge in [-0.2, -0.15) is 0 Å². The summed E-state index contributed by atoms with van der Waals surface area (Å²) >= 11 is 0. The second-order valence-corrected chi connectivity index (χ2v) is 5.60. The largest absolute Gasteiger partial charge is 0.391 e. The van der Waals surface area contributed by atoms with Crippen molar-refractivity contribution < 1.29 is 5.11 Å². The molecule has 106 valence electrons. The fraction of sp³-hybridized carbons (Fsp3) is 0.643. The number of rotatable bonds is 4. The Bertz CT molecular complexity index is 435. The first kappa shape index (κ1) is 14.2. The van der Waals surface area contributed by atoms with E-state index in [9.17, 15) is 5.11 Å². The van der Waals surface area contributed by atoms with Crippen LogP contribution in [0.15, 0.2) is 12.1 Å². The van der Waals surface area contributed by atoms with E-state index in [1.165, 1.54) is 0 Å². The molecule has 2 unspecified atom stereocenters. The first-order valence-corrected chi connectivity index (χ1v) is 6.77. The molecule has 5 heteroatoms. The van der Waals surface area contributed by atoms with Crippen molar-refractivity contribution in [1.82, 2.24) is 9.88 Å². The molecule has 5 nitrogen and oxygen atoms in total. The van der Waals surface area contributed by atoms with Crippen LogP contribution in [0, 0.1) is 6.92 Å². The Morgan fingerprint density at radius 2 is 2.21 bits per heavy atom. The molecule has 19 heavy (non-hydrogen) atoms. The van der Waals surface area contributed by atoms with Gasteiger partial charge in [-0.25, -0.2) is 4.98 Å². The minimum Gasteiger partial charge on any atom is -0.391 e. The van der Waals surface area contributed by atoms with Crippen molar-refractivity contribution in [3.63, 3.8) is 0 Å². The fourth-order valence-electron chi connectivity index (χ4n) is 2.73. The van der Waals surface area contributed by atoms with Crippen LogP contribution in [-0.4, -0.2) is 54.3 Å². The smallest absolute Gasteiger partial charge is 0.133 e. The molecule has 0 saturated carbocycles. The molecule has 0 aromatic carbocycles. The number of aryl methyl sites for hydroxylation is 1. The van der Waals surface area contributed by atoms with Gasteiger partial charge >= 0.3 is 0 Å². The average molecular weight is 264 g/mol. The van der Waals surface area contributed by atoms with Gasteiger partial charge in [-0.1, -0.05) is 6.07 Å². The van der Waals surface area contributed by atoms with E-state index in [1.54, 1.807) is 0 Å². The average Bonchev–Trinajstić information content (AvgIpc) is 2.69. The van der Waals surface area contributed by atoms with Gasteiger partial charge < -0.3 is 20.6 Å². The van der Waals surface area contributed by atoms with Crippen molar-refractivity contribution in [2.24, 2.45) is 5.73 Å². The Labute approximate surface area is 115 Å². The predicted molar refractivity (Wildman–Crippen MR) is 77.2 cm³/mol. The summed E-state index contributed by atoms with van der Waals surface area (Å²) in [6.07, 6.45) is 0.510. The van der Waals surface area contributed by atoms with Crippen LogP contribution in [0.4, 0.5) is 5.82 Å². The topological polar surface area (TPSA) is 65.6 Å². The Balaban J connectivity index is 2.30. The van der Waals surface area contributed by atoms with E-state index in [0.717, 1.165) is 30.0 Å². The van der Waals surface area contributed by atoms with Crippen LogP contribution in [0.2, 0.25) is 0 Å². The van der Waals surface area contributed by atoms with E-state index in [0.29, 0.717) is 19.1 Å². The molecular formula is C14H24N4O. The Morgan fingerprint density at radius 1 is 1.47 bits per heavy atom. The maximum Gasteiger partial charge on any atom is 0.133 e. The maximum atomic E-state index is 9.96. The van der Waals surface area contributed by atoms with E-state index >= 15 is 0 Å². The number of β-amino-alcohol motifs (C(OH)–C–C–N with tert-alkyl or cyclic N) is 1. The molecule has 2 heterocycles. The van der Waals surface area contributed by atoms with Crippen molar-refractivity contribution >= 4 is 5.82 Å². The fourth-order valence-corrected chi connectivity index (χ4v) is 2.73. The highest BCUT2D eigenvalue weighted by Gasteiger charge is 2.33. The lowest BCUT2D eigenvalue weighted by molar-refractivity contribution is 0.191. The minimum absolute atomic E-state index is 0.280. The summed E-state index contributed by atoms with van der Waals surface area (Å²) in [5.41, 5.74) is 7.84. The molecule has 0 spiro atoms. The van der Waals surface area contributed by atoms with Crippen molar-refractivity contribution in [2.45, 2.75) is 32.0 Å². The summed E-state index contributed by atoms with van der Waals surface area (Å²) in [4.78, 5) is 8.99. The Morgan fingerprint density at radius 3 is 2.84 bits per heavy atom. The Kier molecular flexibility index (Phi) is 4.39. The molecule has 2 atom stereocenters. The van der Waals surface area contributed by atoms with E-state index in [1.807, 2.05) is 19.1 Å². The molecule has 1 saturated heterocycles. The summed E-state index contributed by atoms with van der Waals surface area (Å²) in [7, 11) is 4.10. The third-order valence-corrected chi connectivity index (χ3v) is 3.56. The van der Waals surface area contributed by atoms with Crippen LogP contribution >= 0.6 is 0 Å².